The lowest BCUT2D eigenvalue weighted by atomic mass is 9.88. The van der Waals surface area contributed by atoms with Crippen LogP contribution in [0, 0.1) is 12.3 Å². The van der Waals surface area contributed by atoms with Crippen molar-refractivity contribution in [2.24, 2.45) is 5.41 Å². The maximum Gasteiger partial charge on any atom is 0.419 e. The first-order valence-corrected chi connectivity index (χ1v) is 10.4. The summed E-state index contributed by atoms with van der Waals surface area (Å²) >= 11 is 0. The fraction of sp³-hybridized carbons (Fsp3) is 0.609. The Balaban J connectivity index is 1.67. The number of nitrogens with zero attached hydrogens (tertiary/aromatic N) is 1. The van der Waals surface area contributed by atoms with E-state index in [1.165, 1.54) is 31.2 Å². The van der Waals surface area contributed by atoms with Crippen LogP contribution in [0.2, 0.25) is 0 Å². The Labute approximate surface area is 167 Å². The Morgan fingerprint density at radius 1 is 1.32 bits per heavy atom. The van der Waals surface area contributed by atoms with Gasteiger partial charge in [0.2, 0.25) is 0 Å². The van der Waals surface area contributed by atoms with E-state index in [9.17, 15) is 4.79 Å². The lowest BCUT2D eigenvalue weighted by Crippen LogP contribution is -2.41. The van der Waals surface area contributed by atoms with Gasteiger partial charge < -0.3 is 14.8 Å². The number of fused-ring (bicyclic) bond motifs is 1. The minimum atomic E-state index is -0.526. The number of ether oxygens (including phenoxy) is 2. The number of benzene rings is 1. The number of rotatable bonds is 3. The van der Waals surface area contributed by atoms with Crippen molar-refractivity contribution < 1.29 is 14.3 Å². The fourth-order valence-electron chi connectivity index (χ4n) is 4.47. The van der Waals surface area contributed by atoms with Crippen LogP contribution in [-0.4, -0.2) is 36.0 Å². The molecule has 4 rings (SSSR count). The van der Waals surface area contributed by atoms with E-state index in [1.54, 1.807) is 11.7 Å². The third-order valence-electron chi connectivity index (χ3n) is 6.24. The quantitative estimate of drug-likeness (QED) is 0.825. The SMILES string of the molecule is COc1cc(C)c2c(ccn2C(=O)OC(C)(C)C)c1CC1CCC2(CC2)CN1. The average molecular weight is 385 g/mol. The summed E-state index contributed by atoms with van der Waals surface area (Å²) in [4.78, 5) is 12.7. The molecule has 1 spiro atoms. The van der Waals surface area contributed by atoms with Crippen LogP contribution in [0.1, 0.15) is 57.6 Å². The summed E-state index contributed by atoms with van der Waals surface area (Å²) in [5.41, 5.74) is 3.18. The van der Waals surface area contributed by atoms with E-state index in [2.05, 4.69) is 5.32 Å². The second kappa shape index (κ2) is 6.80. The van der Waals surface area contributed by atoms with E-state index in [0.717, 1.165) is 35.2 Å². The standard InChI is InChI=1S/C23H32N2O3/c1-15-12-19(27-5)18(13-16-6-8-23(9-10-23)14-24-16)17-7-11-25(20(15)17)21(26)28-22(2,3)4/h7,11-12,16,24H,6,8-10,13-14H2,1-5H3. The van der Waals surface area contributed by atoms with Gasteiger partial charge in [0.1, 0.15) is 11.4 Å². The zero-order valence-corrected chi connectivity index (χ0v) is 17.7. The molecule has 0 bridgehead atoms. The minimum absolute atomic E-state index is 0.340. The Morgan fingerprint density at radius 2 is 2.07 bits per heavy atom. The first-order chi connectivity index (χ1) is 13.2. The summed E-state index contributed by atoms with van der Waals surface area (Å²) in [5.74, 6) is 0.903. The van der Waals surface area contributed by atoms with Crippen LogP contribution in [0.25, 0.3) is 10.9 Å². The van der Waals surface area contributed by atoms with Crippen molar-refractivity contribution in [3.63, 3.8) is 0 Å². The van der Waals surface area contributed by atoms with E-state index < -0.39 is 5.60 Å². The molecule has 1 saturated heterocycles. The number of aromatic nitrogens is 1. The number of carbonyl (C=O) groups excluding carboxylic acids is 1. The molecule has 2 heterocycles. The van der Waals surface area contributed by atoms with Gasteiger partial charge in [-0.25, -0.2) is 4.79 Å². The summed E-state index contributed by atoms with van der Waals surface area (Å²) < 4.78 is 13.0. The van der Waals surface area contributed by atoms with Crippen molar-refractivity contribution in [2.75, 3.05) is 13.7 Å². The number of nitrogens with one attached hydrogen (secondary N) is 1. The predicted molar refractivity (Wildman–Crippen MR) is 111 cm³/mol. The summed E-state index contributed by atoms with van der Waals surface area (Å²) in [5, 5.41) is 4.84. The van der Waals surface area contributed by atoms with Gasteiger partial charge in [0.05, 0.1) is 12.6 Å². The van der Waals surface area contributed by atoms with Crippen molar-refractivity contribution in [3.8, 4) is 5.75 Å². The monoisotopic (exact) mass is 384 g/mol. The molecule has 1 aromatic heterocycles. The summed E-state index contributed by atoms with van der Waals surface area (Å²) in [6, 6.07) is 4.52. The van der Waals surface area contributed by atoms with Gasteiger partial charge in [0, 0.05) is 29.7 Å². The Hall–Kier alpha value is -2.01. The van der Waals surface area contributed by atoms with Crippen molar-refractivity contribution >= 4 is 17.0 Å². The lowest BCUT2D eigenvalue weighted by Gasteiger charge is -2.30. The van der Waals surface area contributed by atoms with Gasteiger partial charge in [-0.15, -0.1) is 0 Å². The van der Waals surface area contributed by atoms with Crippen molar-refractivity contribution in [1.29, 1.82) is 0 Å². The summed E-state index contributed by atoms with van der Waals surface area (Å²) in [6.07, 6.45) is 7.67. The van der Waals surface area contributed by atoms with Gasteiger partial charge in [-0.05, 0) is 82.9 Å². The highest BCUT2D eigenvalue weighted by molar-refractivity contribution is 5.95. The molecule has 1 atom stereocenters. The van der Waals surface area contributed by atoms with Gasteiger partial charge >= 0.3 is 6.09 Å². The van der Waals surface area contributed by atoms with Gasteiger partial charge in [0.25, 0.3) is 0 Å². The van der Waals surface area contributed by atoms with Crippen LogP contribution >= 0.6 is 0 Å². The Bertz CT molecular complexity index is 893. The molecule has 1 aromatic carbocycles. The Morgan fingerprint density at radius 3 is 2.64 bits per heavy atom. The number of hydrogen-bond acceptors (Lipinski definition) is 4. The normalized spacial score (nSPS) is 21.1. The average Bonchev–Trinajstić information content (AvgIpc) is 3.21. The maximum atomic E-state index is 12.7. The number of carbonyl (C=O) groups is 1. The lowest BCUT2D eigenvalue weighted by molar-refractivity contribution is 0.0544. The maximum absolute atomic E-state index is 12.7. The highest BCUT2D eigenvalue weighted by atomic mass is 16.6. The van der Waals surface area contributed by atoms with Crippen molar-refractivity contribution in [1.82, 2.24) is 9.88 Å². The van der Waals surface area contributed by atoms with Crippen LogP contribution in [0.4, 0.5) is 4.79 Å². The predicted octanol–water partition coefficient (Wildman–Crippen LogP) is 4.82. The molecule has 0 amide bonds. The molecule has 2 aliphatic rings. The zero-order chi connectivity index (χ0) is 20.1. The third-order valence-corrected chi connectivity index (χ3v) is 6.24. The molecule has 1 aliphatic carbocycles. The Kier molecular flexibility index (Phi) is 4.69. The molecule has 152 valence electrons. The second-order valence-corrected chi connectivity index (χ2v) is 9.62. The van der Waals surface area contributed by atoms with E-state index in [-0.39, 0.29) is 6.09 Å². The zero-order valence-electron chi connectivity index (χ0n) is 17.7. The van der Waals surface area contributed by atoms with E-state index in [4.69, 9.17) is 9.47 Å². The number of piperidine rings is 1. The molecule has 0 radical (unpaired) electrons. The molecule has 1 saturated carbocycles. The molecule has 5 heteroatoms. The largest absolute Gasteiger partial charge is 0.496 e. The number of hydrogen-bond donors (Lipinski definition) is 1. The topological polar surface area (TPSA) is 52.5 Å². The van der Waals surface area contributed by atoms with Crippen LogP contribution < -0.4 is 10.1 Å². The first-order valence-electron chi connectivity index (χ1n) is 10.4. The highest BCUT2D eigenvalue weighted by Gasteiger charge is 2.44. The minimum Gasteiger partial charge on any atom is -0.496 e. The third kappa shape index (κ3) is 3.64. The first kappa shape index (κ1) is 19.3. The van der Waals surface area contributed by atoms with Crippen LogP contribution in [0.5, 0.6) is 5.75 Å². The van der Waals surface area contributed by atoms with Crippen LogP contribution in [0.15, 0.2) is 18.3 Å². The smallest absolute Gasteiger partial charge is 0.419 e. The van der Waals surface area contributed by atoms with Gasteiger partial charge in [0.15, 0.2) is 0 Å². The highest BCUT2D eigenvalue weighted by Crippen LogP contribution is 2.51. The van der Waals surface area contributed by atoms with Gasteiger partial charge in [-0.1, -0.05) is 0 Å². The van der Waals surface area contributed by atoms with E-state index in [0.29, 0.717) is 11.5 Å². The molecular weight excluding hydrogens is 352 g/mol. The van der Waals surface area contributed by atoms with E-state index >= 15 is 0 Å². The molecule has 1 aliphatic heterocycles. The van der Waals surface area contributed by atoms with Crippen LogP contribution in [0.3, 0.4) is 0 Å². The van der Waals surface area contributed by atoms with E-state index in [1.807, 2.05) is 46.0 Å². The van der Waals surface area contributed by atoms with Gasteiger partial charge in [-0.2, -0.15) is 0 Å². The molecule has 2 aromatic rings. The van der Waals surface area contributed by atoms with Gasteiger partial charge in [-0.3, -0.25) is 4.57 Å². The van der Waals surface area contributed by atoms with Crippen molar-refractivity contribution in [2.45, 2.75) is 71.4 Å². The summed E-state index contributed by atoms with van der Waals surface area (Å²) in [7, 11) is 1.72. The molecule has 1 unspecified atom stereocenters. The van der Waals surface area contributed by atoms with Crippen LogP contribution in [-0.2, 0) is 11.2 Å². The fourth-order valence-corrected chi connectivity index (χ4v) is 4.47. The molecule has 28 heavy (non-hydrogen) atoms. The molecular formula is C23H32N2O3. The second-order valence-electron chi connectivity index (χ2n) is 9.62. The summed E-state index contributed by atoms with van der Waals surface area (Å²) in [6.45, 7) is 8.82. The molecule has 2 fully saturated rings. The molecule has 5 nitrogen and oxygen atoms in total. The number of methoxy groups -OCH3 is 1. The molecule has 1 N–H and O–H groups in total. The van der Waals surface area contributed by atoms with Crippen molar-refractivity contribution in [3.05, 3.63) is 29.5 Å². The number of aryl methyl sites for hydroxylation is 1.